The van der Waals surface area contributed by atoms with Gasteiger partial charge in [-0.3, -0.25) is 8.63 Å². The summed E-state index contributed by atoms with van der Waals surface area (Å²) in [5, 5.41) is 0. The van der Waals surface area contributed by atoms with E-state index in [1.165, 1.54) is 6.33 Å². The summed E-state index contributed by atoms with van der Waals surface area (Å²) in [5.74, 6) is 0.867. The Kier molecular flexibility index (Phi) is 3.66. The molecule has 16 heavy (non-hydrogen) atoms. The minimum Gasteiger partial charge on any atom is -0.354 e. The number of hydrogen-bond acceptors (Lipinski definition) is 4. The largest absolute Gasteiger partial charge is 0.551 e. The van der Waals surface area contributed by atoms with Crippen LogP contribution in [0, 0.1) is 0 Å². The Morgan fingerprint density at radius 1 is 1.25 bits per heavy atom. The van der Waals surface area contributed by atoms with Crippen molar-refractivity contribution in [1.82, 2.24) is 14.9 Å². The van der Waals surface area contributed by atoms with Crippen molar-refractivity contribution in [1.29, 1.82) is 0 Å². The highest BCUT2D eigenvalue weighted by molar-refractivity contribution is 6.42. The average molecular weight is 226 g/mol. The number of rotatable bonds is 3. The standard InChI is InChI=1S/C9H13BF2N4/c11-10(12)7-15-3-5-16(6-4-15)9-1-2-13-8-14-9/h1-2,8H,3-7H2. The van der Waals surface area contributed by atoms with Gasteiger partial charge in [-0.2, -0.15) is 0 Å². The van der Waals surface area contributed by atoms with Gasteiger partial charge in [0.15, 0.2) is 0 Å². The predicted octanol–water partition coefficient (Wildman–Crippen LogP) is 0.565. The second kappa shape index (κ2) is 5.20. The third-order valence-electron chi connectivity index (χ3n) is 2.66. The van der Waals surface area contributed by atoms with E-state index in [0.717, 1.165) is 18.9 Å². The van der Waals surface area contributed by atoms with E-state index in [-0.39, 0.29) is 6.44 Å². The first kappa shape index (κ1) is 11.3. The maximum atomic E-state index is 12.2. The summed E-state index contributed by atoms with van der Waals surface area (Å²) in [6, 6.07) is 1.84. The topological polar surface area (TPSA) is 32.3 Å². The van der Waals surface area contributed by atoms with E-state index in [2.05, 4.69) is 14.9 Å². The highest BCUT2D eigenvalue weighted by atomic mass is 19.2. The van der Waals surface area contributed by atoms with E-state index in [4.69, 9.17) is 0 Å². The lowest BCUT2D eigenvalue weighted by Crippen LogP contribution is -2.48. The van der Waals surface area contributed by atoms with Crippen LogP contribution >= 0.6 is 0 Å². The molecule has 0 aliphatic carbocycles. The number of anilines is 1. The molecule has 4 nitrogen and oxygen atoms in total. The lowest BCUT2D eigenvalue weighted by molar-refractivity contribution is 0.283. The predicted molar refractivity (Wildman–Crippen MR) is 58.7 cm³/mol. The molecular formula is C9H13BF2N4. The summed E-state index contributed by atoms with van der Waals surface area (Å²) in [6.07, 6.45) is 3.06. The fraction of sp³-hybridized carbons (Fsp3) is 0.556. The van der Waals surface area contributed by atoms with Gasteiger partial charge in [-0.15, -0.1) is 0 Å². The number of aromatic nitrogens is 2. The molecule has 2 heterocycles. The van der Waals surface area contributed by atoms with E-state index < -0.39 is 7.27 Å². The van der Waals surface area contributed by atoms with Crippen LogP contribution in [0.25, 0.3) is 0 Å². The molecule has 0 unspecified atom stereocenters. The zero-order valence-corrected chi connectivity index (χ0v) is 8.89. The normalized spacial score (nSPS) is 17.5. The van der Waals surface area contributed by atoms with Crippen molar-refractivity contribution in [3.8, 4) is 0 Å². The molecular weight excluding hydrogens is 213 g/mol. The number of hydrogen-bond donors (Lipinski definition) is 0. The first-order valence-electron chi connectivity index (χ1n) is 5.27. The van der Waals surface area contributed by atoms with Crippen LogP contribution in [0.5, 0.6) is 0 Å². The summed E-state index contributed by atoms with van der Waals surface area (Å²) in [4.78, 5) is 11.9. The lowest BCUT2D eigenvalue weighted by Gasteiger charge is -2.34. The number of piperazine rings is 1. The van der Waals surface area contributed by atoms with Crippen LogP contribution in [0.15, 0.2) is 18.6 Å². The highest BCUT2D eigenvalue weighted by Gasteiger charge is 2.23. The first-order chi connectivity index (χ1) is 7.75. The molecule has 0 spiro atoms. The van der Waals surface area contributed by atoms with Gasteiger partial charge in [0.25, 0.3) is 0 Å². The number of halogens is 2. The Morgan fingerprint density at radius 2 is 2.00 bits per heavy atom. The van der Waals surface area contributed by atoms with Crippen LogP contribution in [0.3, 0.4) is 0 Å². The molecule has 0 bridgehead atoms. The minimum atomic E-state index is -2.24. The fourth-order valence-electron chi connectivity index (χ4n) is 1.83. The van der Waals surface area contributed by atoms with Gasteiger partial charge in [0.05, 0.1) is 0 Å². The molecule has 1 aromatic heterocycles. The van der Waals surface area contributed by atoms with E-state index in [0.29, 0.717) is 13.1 Å². The molecule has 1 saturated heterocycles. The molecule has 1 aliphatic heterocycles. The molecule has 1 aliphatic rings. The van der Waals surface area contributed by atoms with Crippen LogP contribution in [0.4, 0.5) is 14.4 Å². The van der Waals surface area contributed by atoms with Gasteiger partial charge in [-0.1, -0.05) is 0 Å². The van der Waals surface area contributed by atoms with Crippen molar-refractivity contribution in [2.45, 2.75) is 0 Å². The average Bonchev–Trinajstić information content (AvgIpc) is 2.30. The van der Waals surface area contributed by atoms with Crippen molar-refractivity contribution in [3.63, 3.8) is 0 Å². The van der Waals surface area contributed by atoms with Crippen LogP contribution in [0.1, 0.15) is 0 Å². The maximum absolute atomic E-state index is 12.2. The molecule has 7 heteroatoms. The maximum Gasteiger partial charge on any atom is 0.551 e. The van der Waals surface area contributed by atoms with Gasteiger partial charge >= 0.3 is 7.27 Å². The molecule has 86 valence electrons. The molecule has 0 radical (unpaired) electrons. The molecule has 0 aromatic carbocycles. The molecule has 0 amide bonds. The van der Waals surface area contributed by atoms with Gasteiger partial charge in [0.2, 0.25) is 0 Å². The van der Waals surface area contributed by atoms with Crippen molar-refractivity contribution >= 4 is 13.1 Å². The molecule has 0 N–H and O–H groups in total. The van der Waals surface area contributed by atoms with Gasteiger partial charge in [0.1, 0.15) is 12.1 Å². The van der Waals surface area contributed by atoms with Gasteiger partial charge < -0.3 is 9.80 Å². The second-order valence-corrected chi connectivity index (χ2v) is 3.75. The summed E-state index contributed by atoms with van der Waals surface area (Å²) in [5.41, 5.74) is 0. The first-order valence-corrected chi connectivity index (χ1v) is 5.27. The second-order valence-electron chi connectivity index (χ2n) is 3.75. The SMILES string of the molecule is FB(F)CN1CCN(c2ccncn2)CC1. The van der Waals surface area contributed by atoms with Crippen molar-refractivity contribution < 1.29 is 8.63 Å². The van der Waals surface area contributed by atoms with Crippen LogP contribution in [-0.4, -0.2) is 54.8 Å². The Hall–Kier alpha value is -1.24. The lowest BCUT2D eigenvalue weighted by atomic mass is 9.98. The monoisotopic (exact) mass is 226 g/mol. The van der Waals surface area contributed by atoms with Gasteiger partial charge in [0, 0.05) is 38.8 Å². The molecule has 1 fully saturated rings. The third kappa shape index (κ3) is 2.88. The van der Waals surface area contributed by atoms with Crippen LogP contribution < -0.4 is 4.90 Å². The third-order valence-corrected chi connectivity index (χ3v) is 2.66. The Balaban J connectivity index is 1.86. The number of nitrogens with zero attached hydrogens (tertiary/aromatic N) is 4. The van der Waals surface area contributed by atoms with Crippen molar-refractivity contribution in [2.24, 2.45) is 0 Å². The molecule has 2 rings (SSSR count). The molecule has 0 atom stereocenters. The highest BCUT2D eigenvalue weighted by Crippen LogP contribution is 2.11. The zero-order chi connectivity index (χ0) is 11.4. The fourth-order valence-corrected chi connectivity index (χ4v) is 1.83. The Labute approximate surface area is 93.5 Å². The Bertz CT molecular complexity index is 317. The van der Waals surface area contributed by atoms with Crippen molar-refractivity contribution in [3.05, 3.63) is 18.6 Å². The van der Waals surface area contributed by atoms with Gasteiger partial charge in [-0.25, -0.2) is 9.97 Å². The summed E-state index contributed by atoms with van der Waals surface area (Å²) < 4.78 is 24.3. The van der Waals surface area contributed by atoms with Crippen LogP contribution in [-0.2, 0) is 0 Å². The van der Waals surface area contributed by atoms with E-state index in [1.807, 2.05) is 6.07 Å². The minimum absolute atomic E-state index is 0.127. The summed E-state index contributed by atoms with van der Waals surface area (Å²) in [7, 11) is -2.24. The van der Waals surface area contributed by atoms with E-state index in [9.17, 15) is 8.63 Å². The van der Waals surface area contributed by atoms with Crippen LogP contribution in [0.2, 0.25) is 0 Å². The quantitative estimate of drug-likeness (QED) is 0.705. The molecule has 0 saturated carbocycles. The Morgan fingerprint density at radius 3 is 2.56 bits per heavy atom. The van der Waals surface area contributed by atoms with Gasteiger partial charge in [-0.05, 0) is 6.07 Å². The molecule has 1 aromatic rings. The summed E-state index contributed by atoms with van der Waals surface area (Å²) in [6.45, 7) is 2.80. The smallest absolute Gasteiger partial charge is 0.354 e. The summed E-state index contributed by atoms with van der Waals surface area (Å²) >= 11 is 0. The van der Waals surface area contributed by atoms with E-state index >= 15 is 0 Å². The van der Waals surface area contributed by atoms with Crippen molar-refractivity contribution in [2.75, 3.05) is 37.5 Å². The van der Waals surface area contributed by atoms with E-state index in [1.54, 1.807) is 11.1 Å². The zero-order valence-electron chi connectivity index (χ0n) is 8.89.